The summed E-state index contributed by atoms with van der Waals surface area (Å²) in [5.41, 5.74) is -0.154. The van der Waals surface area contributed by atoms with Crippen molar-refractivity contribution in [2.45, 2.75) is 103 Å². The lowest BCUT2D eigenvalue weighted by molar-refractivity contribution is -0.225. The van der Waals surface area contributed by atoms with Crippen LogP contribution >= 0.6 is 0 Å². The van der Waals surface area contributed by atoms with Gasteiger partial charge in [-0.25, -0.2) is 0 Å². The van der Waals surface area contributed by atoms with Crippen LogP contribution in [0.25, 0.3) is 0 Å². The predicted molar refractivity (Wildman–Crippen MR) is 96.6 cm³/mol. The minimum atomic E-state index is -0.341. The molecule has 5 aliphatic carbocycles. The Morgan fingerprint density at radius 2 is 1.46 bits per heavy atom. The van der Waals surface area contributed by atoms with Crippen molar-refractivity contribution in [1.29, 1.82) is 0 Å². The lowest BCUT2D eigenvalue weighted by Gasteiger charge is -2.64. The molecule has 0 unspecified atom stereocenters. The molecule has 2 heteroatoms. The third kappa shape index (κ3) is 2.54. The topological polar surface area (TPSA) is 26.3 Å². The zero-order valence-corrected chi connectivity index (χ0v) is 16.0. The van der Waals surface area contributed by atoms with Crippen LogP contribution in [-0.2, 0) is 9.53 Å². The van der Waals surface area contributed by atoms with Crippen molar-refractivity contribution in [2.24, 2.45) is 28.6 Å². The lowest BCUT2D eigenvalue weighted by atomic mass is 9.44. The average molecular weight is 333 g/mol. The van der Waals surface area contributed by atoms with Crippen molar-refractivity contribution in [3.05, 3.63) is 0 Å². The molecule has 0 radical (unpaired) electrons. The summed E-state index contributed by atoms with van der Waals surface area (Å²) >= 11 is 0. The fourth-order valence-electron chi connectivity index (χ4n) is 6.99. The second kappa shape index (κ2) is 5.74. The van der Waals surface area contributed by atoms with Crippen LogP contribution < -0.4 is 0 Å². The fraction of sp³-hybridized carbons (Fsp3) is 0.955. The molecule has 0 amide bonds. The van der Waals surface area contributed by atoms with Crippen LogP contribution in [0.15, 0.2) is 0 Å². The number of carbonyl (C=O) groups is 1. The standard InChI is InChI=1S/C22H36O2/c1-4-20(2,3)19(23)24-22(8-6-5-7-9-22)21-13-16-10-17(14-21)12-18(11-16)15-21/h16-18H,4-15H2,1-3H3. The molecular formula is C22H36O2. The molecule has 24 heavy (non-hydrogen) atoms. The lowest BCUT2D eigenvalue weighted by Crippen LogP contribution is -2.61. The largest absolute Gasteiger partial charge is 0.458 e. The first-order valence-electron chi connectivity index (χ1n) is 10.6. The van der Waals surface area contributed by atoms with Gasteiger partial charge in [0, 0.05) is 5.41 Å². The van der Waals surface area contributed by atoms with Crippen LogP contribution in [0, 0.1) is 28.6 Å². The molecule has 0 aromatic heterocycles. The van der Waals surface area contributed by atoms with Crippen molar-refractivity contribution in [1.82, 2.24) is 0 Å². The van der Waals surface area contributed by atoms with E-state index in [1.54, 1.807) is 0 Å². The van der Waals surface area contributed by atoms with Crippen molar-refractivity contribution in [3.63, 3.8) is 0 Å². The van der Waals surface area contributed by atoms with Crippen LogP contribution in [0.4, 0.5) is 0 Å². The second-order valence-electron chi connectivity index (χ2n) is 10.4. The molecule has 5 fully saturated rings. The number of esters is 1. The Kier molecular flexibility index (Phi) is 4.05. The molecular weight excluding hydrogens is 296 g/mol. The minimum Gasteiger partial charge on any atom is -0.458 e. The summed E-state index contributed by atoms with van der Waals surface area (Å²) in [5.74, 6) is 2.84. The Bertz CT molecular complexity index is 463. The van der Waals surface area contributed by atoms with E-state index in [0.717, 1.165) is 37.0 Å². The molecule has 0 N–H and O–H groups in total. The highest BCUT2D eigenvalue weighted by atomic mass is 16.6. The van der Waals surface area contributed by atoms with E-state index in [0.29, 0.717) is 5.41 Å². The summed E-state index contributed by atoms with van der Waals surface area (Å²) < 4.78 is 6.58. The fourth-order valence-corrected chi connectivity index (χ4v) is 6.99. The van der Waals surface area contributed by atoms with Crippen LogP contribution in [-0.4, -0.2) is 11.6 Å². The molecule has 0 heterocycles. The van der Waals surface area contributed by atoms with Gasteiger partial charge in [-0.05, 0) is 102 Å². The van der Waals surface area contributed by atoms with Gasteiger partial charge in [-0.3, -0.25) is 4.79 Å². The molecule has 0 atom stereocenters. The van der Waals surface area contributed by atoms with Crippen LogP contribution in [0.1, 0.15) is 97.8 Å². The van der Waals surface area contributed by atoms with E-state index >= 15 is 0 Å². The Morgan fingerprint density at radius 1 is 0.958 bits per heavy atom. The van der Waals surface area contributed by atoms with Gasteiger partial charge in [0.05, 0.1) is 5.41 Å². The van der Waals surface area contributed by atoms with E-state index in [4.69, 9.17) is 4.74 Å². The summed E-state index contributed by atoms with van der Waals surface area (Å²) in [4.78, 5) is 13.0. The van der Waals surface area contributed by atoms with Gasteiger partial charge >= 0.3 is 5.97 Å². The van der Waals surface area contributed by atoms with Gasteiger partial charge in [0.15, 0.2) is 0 Å². The molecule has 0 aromatic rings. The normalized spacial score (nSPS) is 40.5. The quantitative estimate of drug-likeness (QED) is 0.600. The maximum absolute atomic E-state index is 13.0. The van der Waals surface area contributed by atoms with Crippen molar-refractivity contribution >= 4 is 5.97 Å². The van der Waals surface area contributed by atoms with Gasteiger partial charge in [-0.15, -0.1) is 0 Å². The molecule has 0 aliphatic heterocycles. The number of hydrogen-bond acceptors (Lipinski definition) is 2. The van der Waals surface area contributed by atoms with Crippen LogP contribution in [0.3, 0.4) is 0 Å². The highest BCUT2D eigenvalue weighted by molar-refractivity contribution is 5.76. The first kappa shape index (κ1) is 16.9. The first-order valence-corrected chi connectivity index (χ1v) is 10.6. The van der Waals surface area contributed by atoms with Crippen LogP contribution in [0.5, 0.6) is 0 Å². The summed E-state index contributed by atoms with van der Waals surface area (Å²) in [6, 6.07) is 0. The third-order valence-electron chi connectivity index (χ3n) is 8.39. The molecule has 5 aliphatic rings. The molecule has 5 rings (SSSR count). The Labute approximate surface area is 148 Å². The number of hydrogen-bond donors (Lipinski definition) is 0. The zero-order chi connectivity index (χ0) is 17.0. The summed E-state index contributed by atoms with van der Waals surface area (Å²) in [6.07, 6.45) is 15.4. The molecule has 5 saturated carbocycles. The van der Waals surface area contributed by atoms with Gasteiger partial charge in [0.25, 0.3) is 0 Å². The number of carbonyl (C=O) groups excluding carboxylic acids is 1. The first-order chi connectivity index (χ1) is 11.4. The molecule has 2 nitrogen and oxygen atoms in total. The van der Waals surface area contributed by atoms with E-state index in [1.807, 2.05) is 0 Å². The maximum atomic E-state index is 13.0. The van der Waals surface area contributed by atoms with Crippen molar-refractivity contribution in [2.75, 3.05) is 0 Å². The van der Waals surface area contributed by atoms with Gasteiger partial charge < -0.3 is 4.74 Å². The number of rotatable bonds is 4. The average Bonchev–Trinajstić information content (AvgIpc) is 2.54. The molecule has 0 saturated heterocycles. The van der Waals surface area contributed by atoms with Gasteiger partial charge in [0.2, 0.25) is 0 Å². The Balaban J connectivity index is 1.65. The SMILES string of the molecule is CCC(C)(C)C(=O)OC1(C23CC4CC(CC(C4)C2)C3)CCCCC1. The van der Waals surface area contributed by atoms with E-state index in [-0.39, 0.29) is 17.0 Å². The summed E-state index contributed by atoms with van der Waals surface area (Å²) in [5, 5.41) is 0. The zero-order valence-electron chi connectivity index (χ0n) is 16.0. The van der Waals surface area contributed by atoms with E-state index in [2.05, 4.69) is 20.8 Å². The van der Waals surface area contributed by atoms with Gasteiger partial charge in [0.1, 0.15) is 5.60 Å². The van der Waals surface area contributed by atoms with Crippen LogP contribution in [0.2, 0.25) is 0 Å². The van der Waals surface area contributed by atoms with Gasteiger partial charge in [-0.2, -0.15) is 0 Å². The monoisotopic (exact) mass is 332 g/mol. The predicted octanol–water partition coefficient (Wildman–Crippen LogP) is 5.89. The highest BCUT2D eigenvalue weighted by Crippen LogP contribution is 2.66. The molecule has 0 spiro atoms. The van der Waals surface area contributed by atoms with Crippen molar-refractivity contribution < 1.29 is 9.53 Å². The maximum Gasteiger partial charge on any atom is 0.312 e. The smallest absolute Gasteiger partial charge is 0.312 e. The van der Waals surface area contributed by atoms with E-state index < -0.39 is 0 Å². The minimum absolute atomic E-state index is 0.0719. The highest BCUT2D eigenvalue weighted by Gasteiger charge is 2.62. The molecule has 4 bridgehead atoms. The Morgan fingerprint density at radius 3 is 1.92 bits per heavy atom. The number of ether oxygens (including phenoxy) is 1. The Hall–Kier alpha value is -0.530. The van der Waals surface area contributed by atoms with Crippen molar-refractivity contribution in [3.8, 4) is 0 Å². The summed E-state index contributed by atoms with van der Waals surface area (Å²) in [6.45, 7) is 6.23. The summed E-state index contributed by atoms with van der Waals surface area (Å²) in [7, 11) is 0. The molecule has 0 aromatic carbocycles. The van der Waals surface area contributed by atoms with E-state index in [1.165, 1.54) is 57.8 Å². The molecule has 136 valence electrons. The van der Waals surface area contributed by atoms with Gasteiger partial charge in [-0.1, -0.05) is 13.3 Å². The third-order valence-corrected chi connectivity index (χ3v) is 8.39. The second-order valence-corrected chi connectivity index (χ2v) is 10.4. The van der Waals surface area contributed by atoms with E-state index in [9.17, 15) is 4.79 Å².